The van der Waals surface area contributed by atoms with Crippen LogP contribution in [0.5, 0.6) is 0 Å². The highest BCUT2D eigenvalue weighted by molar-refractivity contribution is 5.96. The molecule has 0 unspecified atom stereocenters. The van der Waals surface area contributed by atoms with Crippen LogP contribution in [0.15, 0.2) is 24.4 Å². The van der Waals surface area contributed by atoms with Crippen LogP contribution in [0.2, 0.25) is 0 Å². The second-order valence-corrected chi connectivity index (χ2v) is 2.68. The number of fused-ring (bicyclic) bond motifs is 1. The van der Waals surface area contributed by atoms with E-state index in [4.69, 9.17) is 0 Å². The fourth-order valence-electron chi connectivity index (χ4n) is 1.15. The van der Waals surface area contributed by atoms with E-state index >= 15 is 0 Å². The number of pyridine rings is 1. The minimum absolute atomic E-state index is 0.0352. The molecule has 0 amide bonds. The Bertz CT molecular complexity index is 399. The quantitative estimate of drug-likeness (QED) is 0.703. The molecule has 3 heteroatoms. The van der Waals surface area contributed by atoms with Gasteiger partial charge >= 0.3 is 0 Å². The summed E-state index contributed by atoms with van der Waals surface area (Å²) < 4.78 is 0. The van der Waals surface area contributed by atoms with E-state index in [2.05, 4.69) is 9.97 Å². The molecule has 0 aromatic carbocycles. The summed E-state index contributed by atoms with van der Waals surface area (Å²) in [6, 6.07) is 5.50. The van der Waals surface area contributed by atoms with Crippen molar-refractivity contribution in [1.29, 1.82) is 0 Å². The van der Waals surface area contributed by atoms with E-state index in [0.29, 0.717) is 5.69 Å². The predicted octanol–water partition coefficient (Wildman–Crippen LogP) is 2.79. The molecule has 74 valence electrons. The molecule has 2 aromatic heterocycles. The number of nitrogens with one attached hydrogen (secondary N) is 1. The molecule has 0 saturated heterocycles. The van der Waals surface area contributed by atoms with Crippen molar-refractivity contribution in [2.45, 2.75) is 20.8 Å². The maximum absolute atomic E-state index is 11.0. The number of rotatable bonds is 1. The molecule has 0 aliphatic rings. The maximum Gasteiger partial charge on any atom is 0.176 e. The van der Waals surface area contributed by atoms with Gasteiger partial charge in [0.05, 0.1) is 16.7 Å². The zero-order valence-corrected chi connectivity index (χ0v) is 8.66. The Hall–Kier alpha value is -1.64. The lowest BCUT2D eigenvalue weighted by atomic mass is 10.3. The van der Waals surface area contributed by atoms with Crippen molar-refractivity contribution in [1.82, 2.24) is 9.97 Å². The van der Waals surface area contributed by atoms with Gasteiger partial charge in [0.1, 0.15) is 0 Å². The van der Waals surface area contributed by atoms with Crippen LogP contribution in [0.25, 0.3) is 11.0 Å². The standard InChI is InChI=1S/C9H8N2O.C2H6/c1-6(12)8-5-9-7(11-8)3-2-4-10-9;1-2/h2-5,11H,1H3;1-2H3. The molecule has 0 fully saturated rings. The van der Waals surface area contributed by atoms with E-state index in [1.54, 1.807) is 12.3 Å². The van der Waals surface area contributed by atoms with Gasteiger partial charge in [0.2, 0.25) is 0 Å². The van der Waals surface area contributed by atoms with Crippen LogP contribution in [0, 0.1) is 0 Å². The van der Waals surface area contributed by atoms with E-state index in [1.807, 2.05) is 26.0 Å². The minimum atomic E-state index is 0.0352. The van der Waals surface area contributed by atoms with E-state index in [0.717, 1.165) is 11.0 Å². The van der Waals surface area contributed by atoms with Crippen molar-refractivity contribution in [3.63, 3.8) is 0 Å². The number of Topliss-reactive ketones (excluding diaryl/α,β-unsaturated/α-hetero) is 1. The number of carbonyl (C=O) groups excluding carboxylic acids is 1. The number of aromatic nitrogens is 2. The Balaban J connectivity index is 0.000000461. The zero-order chi connectivity index (χ0) is 10.6. The SMILES string of the molecule is CC.CC(=O)c1cc2ncccc2[nH]1. The highest BCUT2D eigenvalue weighted by atomic mass is 16.1. The Morgan fingerprint density at radius 1 is 1.43 bits per heavy atom. The average Bonchev–Trinajstić information content (AvgIpc) is 2.64. The first-order chi connectivity index (χ1) is 6.77. The molecule has 0 spiro atoms. The summed E-state index contributed by atoms with van der Waals surface area (Å²) in [4.78, 5) is 18.0. The van der Waals surface area contributed by atoms with E-state index in [1.165, 1.54) is 6.92 Å². The Labute approximate surface area is 83.2 Å². The monoisotopic (exact) mass is 190 g/mol. The van der Waals surface area contributed by atoms with Crippen LogP contribution in [-0.2, 0) is 0 Å². The van der Waals surface area contributed by atoms with Gasteiger partial charge in [0.15, 0.2) is 5.78 Å². The van der Waals surface area contributed by atoms with Crippen molar-refractivity contribution in [3.05, 3.63) is 30.1 Å². The molecule has 3 nitrogen and oxygen atoms in total. The van der Waals surface area contributed by atoms with Gasteiger partial charge in [0, 0.05) is 13.1 Å². The number of hydrogen-bond acceptors (Lipinski definition) is 2. The van der Waals surface area contributed by atoms with Crippen molar-refractivity contribution in [3.8, 4) is 0 Å². The first-order valence-corrected chi connectivity index (χ1v) is 4.72. The van der Waals surface area contributed by atoms with E-state index < -0.39 is 0 Å². The molecule has 2 heterocycles. The molecular weight excluding hydrogens is 176 g/mol. The Morgan fingerprint density at radius 3 is 2.71 bits per heavy atom. The molecule has 0 aliphatic carbocycles. The summed E-state index contributed by atoms with van der Waals surface area (Å²) in [5.74, 6) is 0.0352. The smallest absolute Gasteiger partial charge is 0.176 e. The summed E-state index contributed by atoms with van der Waals surface area (Å²) in [7, 11) is 0. The number of H-pyrrole nitrogens is 1. The van der Waals surface area contributed by atoms with Crippen LogP contribution < -0.4 is 0 Å². The van der Waals surface area contributed by atoms with E-state index in [9.17, 15) is 4.79 Å². The molecule has 0 bridgehead atoms. The predicted molar refractivity (Wildman–Crippen MR) is 57.4 cm³/mol. The summed E-state index contributed by atoms with van der Waals surface area (Å²) in [5, 5.41) is 0. The van der Waals surface area contributed by atoms with Gasteiger partial charge in [-0.15, -0.1) is 0 Å². The van der Waals surface area contributed by atoms with Crippen molar-refractivity contribution in [2.75, 3.05) is 0 Å². The molecule has 0 saturated carbocycles. The minimum Gasteiger partial charge on any atom is -0.351 e. The Kier molecular flexibility index (Phi) is 3.40. The van der Waals surface area contributed by atoms with Gasteiger partial charge in [-0.3, -0.25) is 9.78 Å². The third-order valence-electron chi connectivity index (χ3n) is 1.77. The summed E-state index contributed by atoms with van der Waals surface area (Å²) in [6.07, 6.45) is 1.71. The lowest BCUT2D eigenvalue weighted by Crippen LogP contribution is -1.89. The van der Waals surface area contributed by atoms with Crippen molar-refractivity contribution in [2.24, 2.45) is 0 Å². The molecule has 2 rings (SSSR count). The maximum atomic E-state index is 11.0. The van der Waals surface area contributed by atoms with Gasteiger partial charge in [-0.2, -0.15) is 0 Å². The molecular formula is C11H14N2O. The number of aromatic amines is 1. The normalized spacial score (nSPS) is 9.36. The fourth-order valence-corrected chi connectivity index (χ4v) is 1.15. The molecule has 14 heavy (non-hydrogen) atoms. The summed E-state index contributed by atoms with van der Waals surface area (Å²) in [5.41, 5.74) is 2.36. The lowest BCUT2D eigenvalue weighted by molar-refractivity contribution is 0.101. The number of ketones is 1. The molecule has 0 atom stereocenters. The van der Waals surface area contributed by atoms with Crippen molar-refractivity contribution < 1.29 is 4.79 Å². The van der Waals surface area contributed by atoms with Gasteiger partial charge in [-0.1, -0.05) is 13.8 Å². The molecule has 1 N–H and O–H groups in total. The molecule has 2 aromatic rings. The fraction of sp³-hybridized carbons (Fsp3) is 0.273. The highest BCUT2D eigenvalue weighted by Gasteiger charge is 2.03. The van der Waals surface area contributed by atoms with E-state index in [-0.39, 0.29) is 5.78 Å². The first kappa shape index (κ1) is 10.4. The van der Waals surface area contributed by atoms with Crippen LogP contribution >= 0.6 is 0 Å². The van der Waals surface area contributed by atoms with Crippen LogP contribution in [0.4, 0.5) is 0 Å². The third kappa shape index (κ3) is 1.99. The first-order valence-electron chi connectivity index (χ1n) is 4.72. The summed E-state index contributed by atoms with van der Waals surface area (Å²) in [6.45, 7) is 5.53. The average molecular weight is 190 g/mol. The van der Waals surface area contributed by atoms with Crippen LogP contribution in [0.1, 0.15) is 31.3 Å². The van der Waals surface area contributed by atoms with Crippen molar-refractivity contribution >= 4 is 16.8 Å². The number of carbonyl (C=O) groups is 1. The van der Waals surface area contributed by atoms with Crippen LogP contribution in [0.3, 0.4) is 0 Å². The lowest BCUT2D eigenvalue weighted by Gasteiger charge is -1.84. The number of nitrogens with zero attached hydrogens (tertiary/aromatic N) is 1. The second-order valence-electron chi connectivity index (χ2n) is 2.68. The highest BCUT2D eigenvalue weighted by Crippen LogP contribution is 2.11. The van der Waals surface area contributed by atoms with Gasteiger partial charge < -0.3 is 4.98 Å². The van der Waals surface area contributed by atoms with Gasteiger partial charge in [-0.05, 0) is 18.2 Å². The Morgan fingerprint density at radius 2 is 2.14 bits per heavy atom. The second kappa shape index (κ2) is 4.56. The van der Waals surface area contributed by atoms with Gasteiger partial charge in [-0.25, -0.2) is 0 Å². The third-order valence-corrected chi connectivity index (χ3v) is 1.77. The van der Waals surface area contributed by atoms with Crippen LogP contribution in [-0.4, -0.2) is 15.8 Å². The molecule has 0 radical (unpaired) electrons. The summed E-state index contributed by atoms with van der Waals surface area (Å²) >= 11 is 0. The van der Waals surface area contributed by atoms with Gasteiger partial charge in [0.25, 0.3) is 0 Å². The zero-order valence-electron chi connectivity index (χ0n) is 8.66. The number of hydrogen-bond donors (Lipinski definition) is 1. The topological polar surface area (TPSA) is 45.8 Å². The largest absolute Gasteiger partial charge is 0.351 e. The molecule has 0 aliphatic heterocycles.